The molecular weight excluding hydrogens is 407 g/mol. The molecule has 6 heteroatoms. The average Bonchev–Trinajstić information content (AvgIpc) is 2.43. The number of benzene rings is 1. The van der Waals surface area contributed by atoms with Crippen molar-refractivity contribution in [3.63, 3.8) is 0 Å². The van der Waals surface area contributed by atoms with Crippen molar-refractivity contribution in [2.75, 3.05) is 20.2 Å². The van der Waals surface area contributed by atoms with Crippen molar-refractivity contribution in [1.29, 1.82) is 0 Å². The third-order valence-corrected chi connectivity index (χ3v) is 5.64. The summed E-state index contributed by atoms with van der Waals surface area (Å²) in [7, 11) is 1.79. The van der Waals surface area contributed by atoms with Crippen LogP contribution in [-0.4, -0.2) is 37.2 Å². The molecule has 114 valence electrons. The molecule has 1 aromatic carbocycles. The molecule has 1 aliphatic heterocycles. The summed E-state index contributed by atoms with van der Waals surface area (Å²) in [5, 5.41) is 0. The summed E-state index contributed by atoms with van der Waals surface area (Å²) in [5.41, 5.74) is 7.21. The summed E-state index contributed by atoms with van der Waals surface area (Å²) < 4.78 is 7.65. The van der Waals surface area contributed by atoms with Gasteiger partial charge in [-0.2, -0.15) is 0 Å². The minimum atomic E-state index is 0. The molecule has 0 saturated carbocycles. The summed E-state index contributed by atoms with van der Waals surface area (Å²) in [6.45, 7) is 2.69. The third kappa shape index (κ3) is 4.68. The third-order valence-electron chi connectivity index (χ3n) is 3.76. The summed E-state index contributed by atoms with van der Waals surface area (Å²) >= 11 is 7.05. The standard InChI is InChI=1S/C14H20Br2N2O.ClH/c1-19-12-4-5-18(11(7-12)8-17)9-10-2-3-13(15)14(16)6-10;/h2-3,6,11-12H,4-5,7-9,17H2,1H3;1H. The largest absolute Gasteiger partial charge is 0.381 e. The Hall–Kier alpha value is 0.350. The minimum Gasteiger partial charge on any atom is -0.381 e. The molecule has 1 aromatic rings. The Morgan fingerprint density at radius 2 is 2.10 bits per heavy atom. The lowest BCUT2D eigenvalue weighted by atomic mass is 9.98. The molecule has 1 saturated heterocycles. The molecule has 0 spiro atoms. The first-order chi connectivity index (χ1) is 9.13. The highest BCUT2D eigenvalue weighted by Gasteiger charge is 2.27. The fourth-order valence-corrected chi connectivity index (χ4v) is 3.28. The number of halogens is 3. The first kappa shape index (κ1) is 18.4. The van der Waals surface area contributed by atoms with Gasteiger partial charge in [-0.05, 0) is 62.4 Å². The zero-order valence-corrected chi connectivity index (χ0v) is 15.5. The van der Waals surface area contributed by atoms with Gasteiger partial charge in [-0.3, -0.25) is 4.90 Å². The lowest BCUT2D eigenvalue weighted by Gasteiger charge is -2.38. The predicted octanol–water partition coefficient (Wildman–Crippen LogP) is 3.57. The van der Waals surface area contributed by atoms with Gasteiger partial charge in [-0.15, -0.1) is 12.4 Å². The molecule has 0 radical (unpaired) electrons. The second-order valence-corrected chi connectivity index (χ2v) is 6.70. The lowest BCUT2D eigenvalue weighted by Crippen LogP contribution is -2.47. The van der Waals surface area contributed by atoms with E-state index in [9.17, 15) is 0 Å². The number of nitrogens with zero attached hydrogens (tertiary/aromatic N) is 1. The van der Waals surface area contributed by atoms with E-state index >= 15 is 0 Å². The van der Waals surface area contributed by atoms with Crippen molar-refractivity contribution in [2.24, 2.45) is 5.73 Å². The van der Waals surface area contributed by atoms with Crippen LogP contribution < -0.4 is 5.73 Å². The Balaban J connectivity index is 0.00000200. The molecule has 1 heterocycles. The lowest BCUT2D eigenvalue weighted by molar-refractivity contribution is 0.0102. The Morgan fingerprint density at radius 3 is 2.70 bits per heavy atom. The van der Waals surface area contributed by atoms with E-state index in [1.165, 1.54) is 5.56 Å². The van der Waals surface area contributed by atoms with Crippen LogP contribution in [0.3, 0.4) is 0 Å². The highest BCUT2D eigenvalue weighted by atomic mass is 79.9. The number of hydrogen-bond donors (Lipinski definition) is 1. The average molecular weight is 429 g/mol. The van der Waals surface area contributed by atoms with Gasteiger partial charge in [0, 0.05) is 41.7 Å². The van der Waals surface area contributed by atoms with E-state index < -0.39 is 0 Å². The van der Waals surface area contributed by atoms with Gasteiger partial charge in [-0.25, -0.2) is 0 Å². The number of nitrogens with two attached hydrogens (primary N) is 1. The molecule has 2 unspecified atom stereocenters. The Kier molecular flexibility index (Phi) is 8.01. The van der Waals surface area contributed by atoms with E-state index in [1.54, 1.807) is 7.11 Å². The monoisotopic (exact) mass is 426 g/mol. The highest BCUT2D eigenvalue weighted by Crippen LogP contribution is 2.26. The molecule has 0 amide bonds. The topological polar surface area (TPSA) is 38.5 Å². The quantitative estimate of drug-likeness (QED) is 0.797. The number of rotatable bonds is 4. The maximum Gasteiger partial charge on any atom is 0.0599 e. The zero-order chi connectivity index (χ0) is 13.8. The Labute approximate surface area is 143 Å². The molecule has 0 aliphatic carbocycles. The number of hydrogen-bond acceptors (Lipinski definition) is 3. The molecule has 0 aromatic heterocycles. The van der Waals surface area contributed by atoms with E-state index in [4.69, 9.17) is 10.5 Å². The molecule has 1 fully saturated rings. The molecule has 0 bridgehead atoms. The second-order valence-electron chi connectivity index (χ2n) is 4.99. The summed E-state index contributed by atoms with van der Waals surface area (Å²) in [5.74, 6) is 0. The fourth-order valence-electron chi connectivity index (χ4n) is 2.60. The molecule has 1 aliphatic rings. The maximum atomic E-state index is 5.90. The van der Waals surface area contributed by atoms with Gasteiger partial charge in [-0.1, -0.05) is 6.07 Å². The summed E-state index contributed by atoms with van der Waals surface area (Å²) in [6, 6.07) is 6.82. The predicted molar refractivity (Wildman–Crippen MR) is 92.4 cm³/mol. The van der Waals surface area contributed by atoms with Gasteiger partial charge < -0.3 is 10.5 Å². The normalized spacial score (nSPS) is 23.4. The molecular formula is C14H21Br2ClN2O. The molecule has 3 nitrogen and oxygen atoms in total. The molecule has 2 atom stereocenters. The first-order valence-corrected chi connectivity index (χ1v) is 8.13. The number of likely N-dealkylation sites (tertiary alicyclic amines) is 1. The van der Waals surface area contributed by atoms with Gasteiger partial charge in [0.05, 0.1) is 6.10 Å². The molecule has 20 heavy (non-hydrogen) atoms. The maximum absolute atomic E-state index is 5.90. The van der Waals surface area contributed by atoms with Crippen molar-refractivity contribution < 1.29 is 4.74 Å². The SMILES string of the molecule is COC1CCN(Cc2ccc(Br)c(Br)c2)C(CN)C1.Cl. The number of piperidine rings is 1. The van der Waals surface area contributed by atoms with Crippen LogP contribution in [0.1, 0.15) is 18.4 Å². The van der Waals surface area contributed by atoms with Gasteiger partial charge in [0.2, 0.25) is 0 Å². The van der Waals surface area contributed by atoms with Crippen molar-refractivity contribution >= 4 is 44.3 Å². The second kappa shape index (κ2) is 8.71. The van der Waals surface area contributed by atoms with Gasteiger partial charge in [0.25, 0.3) is 0 Å². The summed E-state index contributed by atoms with van der Waals surface area (Å²) in [6.07, 6.45) is 2.48. The van der Waals surface area contributed by atoms with Crippen LogP contribution in [0.25, 0.3) is 0 Å². The highest BCUT2D eigenvalue weighted by molar-refractivity contribution is 9.13. The van der Waals surface area contributed by atoms with Crippen LogP contribution in [0.5, 0.6) is 0 Å². The van der Waals surface area contributed by atoms with Crippen molar-refractivity contribution in [3.05, 3.63) is 32.7 Å². The van der Waals surface area contributed by atoms with E-state index in [0.717, 1.165) is 34.9 Å². The number of ether oxygens (including phenoxy) is 1. The Bertz CT molecular complexity index is 434. The van der Waals surface area contributed by atoms with E-state index in [1.807, 2.05) is 0 Å². The Morgan fingerprint density at radius 1 is 1.35 bits per heavy atom. The van der Waals surface area contributed by atoms with Gasteiger partial charge >= 0.3 is 0 Å². The van der Waals surface area contributed by atoms with Crippen LogP contribution in [0.15, 0.2) is 27.1 Å². The molecule has 2 rings (SSSR count). The van der Waals surface area contributed by atoms with Crippen molar-refractivity contribution in [2.45, 2.75) is 31.5 Å². The van der Waals surface area contributed by atoms with Crippen LogP contribution in [-0.2, 0) is 11.3 Å². The van der Waals surface area contributed by atoms with E-state index in [0.29, 0.717) is 18.7 Å². The van der Waals surface area contributed by atoms with Crippen LogP contribution in [0, 0.1) is 0 Å². The number of methoxy groups -OCH3 is 1. The van der Waals surface area contributed by atoms with Gasteiger partial charge in [0.15, 0.2) is 0 Å². The van der Waals surface area contributed by atoms with Crippen LogP contribution in [0.2, 0.25) is 0 Å². The summed E-state index contributed by atoms with van der Waals surface area (Å²) in [4.78, 5) is 2.46. The fraction of sp³-hybridized carbons (Fsp3) is 0.571. The van der Waals surface area contributed by atoms with E-state index in [2.05, 4.69) is 55.0 Å². The van der Waals surface area contributed by atoms with E-state index in [-0.39, 0.29) is 12.4 Å². The zero-order valence-electron chi connectivity index (χ0n) is 11.5. The van der Waals surface area contributed by atoms with Crippen molar-refractivity contribution in [3.8, 4) is 0 Å². The van der Waals surface area contributed by atoms with Crippen LogP contribution >= 0.6 is 44.3 Å². The smallest absolute Gasteiger partial charge is 0.0599 e. The van der Waals surface area contributed by atoms with Gasteiger partial charge in [0.1, 0.15) is 0 Å². The van der Waals surface area contributed by atoms with Crippen molar-refractivity contribution in [1.82, 2.24) is 4.90 Å². The van der Waals surface area contributed by atoms with Crippen LogP contribution in [0.4, 0.5) is 0 Å². The minimum absolute atomic E-state index is 0. The molecule has 2 N–H and O–H groups in total. The first-order valence-electron chi connectivity index (χ1n) is 6.55.